The standard InChI is InChI=1S/C15H17N5O/c1-10(2)6-20-8-12(5-17-20)11-3-4-14-18-13(15(16)21)9-19(14)7-11/h3-5,7-10H,6H2,1-2H3,(H2,16,21). The van der Waals surface area contributed by atoms with Crippen LogP contribution < -0.4 is 5.73 Å². The third-order valence-electron chi connectivity index (χ3n) is 3.22. The third kappa shape index (κ3) is 2.65. The Bertz CT molecular complexity index is 799. The molecule has 6 heteroatoms. The molecule has 3 rings (SSSR count). The Morgan fingerprint density at radius 2 is 2.05 bits per heavy atom. The van der Waals surface area contributed by atoms with Gasteiger partial charge >= 0.3 is 0 Å². The van der Waals surface area contributed by atoms with Crippen LogP contribution in [0, 0.1) is 5.92 Å². The highest BCUT2D eigenvalue weighted by Crippen LogP contribution is 2.20. The fourth-order valence-electron chi connectivity index (χ4n) is 2.27. The Morgan fingerprint density at radius 3 is 2.76 bits per heavy atom. The zero-order valence-electron chi connectivity index (χ0n) is 12.0. The predicted octanol–water partition coefficient (Wildman–Crippen LogP) is 1.95. The molecule has 0 aliphatic carbocycles. The molecule has 0 spiro atoms. The van der Waals surface area contributed by atoms with Crippen LogP contribution in [0.3, 0.4) is 0 Å². The minimum Gasteiger partial charge on any atom is -0.364 e. The molecule has 0 aliphatic heterocycles. The minimum atomic E-state index is -0.523. The second-order valence-electron chi connectivity index (χ2n) is 5.52. The molecule has 0 saturated heterocycles. The van der Waals surface area contributed by atoms with Gasteiger partial charge in [0.05, 0.1) is 6.20 Å². The highest BCUT2D eigenvalue weighted by atomic mass is 16.1. The number of hydrogen-bond donors (Lipinski definition) is 1. The molecular weight excluding hydrogens is 266 g/mol. The summed E-state index contributed by atoms with van der Waals surface area (Å²) < 4.78 is 3.74. The van der Waals surface area contributed by atoms with Gasteiger partial charge in [-0.2, -0.15) is 5.10 Å². The first-order chi connectivity index (χ1) is 10.0. The number of fused-ring (bicyclic) bond motifs is 1. The number of hydrogen-bond acceptors (Lipinski definition) is 3. The van der Waals surface area contributed by atoms with E-state index in [0.717, 1.165) is 17.7 Å². The molecule has 1 amide bonds. The van der Waals surface area contributed by atoms with E-state index >= 15 is 0 Å². The van der Waals surface area contributed by atoms with Crippen molar-refractivity contribution in [2.45, 2.75) is 20.4 Å². The van der Waals surface area contributed by atoms with Gasteiger partial charge < -0.3 is 10.1 Å². The van der Waals surface area contributed by atoms with Crippen LogP contribution in [0.25, 0.3) is 16.8 Å². The first kappa shape index (κ1) is 13.4. The summed E-state index contributed by atoms with van der Waals surface area (Å²) in [5, 5.41) is 4.36. The number of nitrogens with two attached hydrogens (primary N) is 1. The van der Waals surface area contributed by atoms with Gasteiger partial charge in [-0.3, -0.25) is 9.48 Å². The fraction of sp³-hybridized carbons (Fsp3) is 0.267. The lowest BCUT2D eigenvalue weighted by molar-refractivity contribution is 0.0996. The minimum absolute atomic E-state index is 0.266. The van der Waals surface area contributed by atoms with Crippen molar-refractivity contribution < 1.29 is 4.79 Å². The molecule has 0 atom stereocenters. The lowest BCUT2D eigenvalue weighted by Crippen LogP contribution is -2.10. The fourth-order valence-corrected chi connectivity index (χ4v) is 2.27. The average Bonchev–Trinajstić information content (AvgIpc) is 3.03. The van der Waals surface area contributed by atoms with Gasteiger partial charge in [0, 0.05) is 36.3 Å². The normalized spacial score (nSPS) is 11.4. The van der Waals surface area contributed by atoms with Crippen LogP contribution in [0.1, 0.15) is 24.3 Å². The van der Waals surface area contributed by atoms with Crippen molar-refractivity contribution in [3.63, 3.8) is 0 Å². The summed E-state index contributed by atoms with van der Waals surface area (Å²) in [5.74, 6) is 0.0250. The van der Waals surface area contributed by atoms with E-state index in [1.807, 2.05) is 35.4 Å². The molecule has 0 aromatic carbocycles. The van der Waals surface area contributed by atoms with E-state index in [4.69, 9.17) is 5.73 Å². The molecule has 0 bridgehead atoms. The van der Waals surface area contributed by atoms with E-state index in [-0.39, 0.29) is 5.69 Å². The van der Waals surface area contributed by atoms with E-state index in [1.54, 1.807) is 10.6 Å². The SMILES string of the molecule is CC(C)Cn1cc(-c2ccc3nc(C(N)=O)cn3c2)cn1. The smallest absolute Gasteiger partial charge is 0.268 e. The second-order valence-corrected chi connectivity index (χ2v) is 5.52. The molecule has 6 nitrogen and oxygen atoms in total. The number of nitrogens with zero attached hydrogens (tertiary/aromatic N) is 4. The Labute approximate surface area is 122 Å². The van der Waals surface area contributed by atoms with Gasteiger partial charge in [0.1, 0.15) is 11.3 Å². The third-order valence-corrected chi connectivity index (χ3v) is 3.22. The van der Waals surface area contributed by atoms with Crippen molar-refractivity contribution in [1.29, 1.82) is 0 Å². The van der Waals surface area contributed by atoms with Crippen molar-refractivity contribution in [3.05, 3.63) is 42.6 Å². The van der Waals surface area contributed by atoms with Gasteiger partial charge in [-0.25, -0.2) is 4.98 Å². The van der Waals surface area contributed by atoms with Crippen molar-refractivity contribution in [1.82, 2.24) is 19.2 Å². The largest absolute Gasteiger partial charge is 0.364 e. The average molecular weight is 283 g/mol. The monoisotopic (exact) mass is 283 g/mol. The molecule has 108 valence electrons. The van der Waals surface area contributed by atoms with Crippen LogP contribution in [-0.4, -0.2) is 25.1 Å². The van der Waals surface area contributed by atoms with Crippen molar-refractivity contribution >= 4 is 11.6 Å². The lowest BCUT2D eigenvalue weighted by Gasteiger charge is -2.03. The number of rotatable bonds is 4. The van der Waals surface area contributed by atoms with Gasteiger partial charge in [0.25, 0.3) is 5.91 Å². The molecule has 3 aromatic heterocycles. The maximum Gasteiger partial charge on any atom is 0.268 e. The number of amides is 1. The summed E-state index contributed by atoms with van der Waals surface area (Å²) in [7, 11) is 0. The topological polar surface area (TPSA) is 78.2 Å². The van der Waals surface area contributed by atoms with Gasteiger partial charge in [-0.15, -0.1) is 0 Å². The van der Waals surface area contributed by atoms with Crippen LogP contribution >= 0.6 is 0 Å². The molecular formula is C15H17N5O. The van der Waals surface area contributed by atoms with Gasteiger partial charge in [-0.1, -0.05) is 13.8 Å². The van der Waals surface area contributed by atoms with Crippen molar-refractivity contribution in [3.8, 4) is 11.1 Å². The van der Waals surface area contributed by atoms with Gasteiger partial charge in [-0.05, 0) is 18.1 Å². The Hall–Kier alpha value is -2.63. The first-order valence-corrected chi connectivity index (χ1v) is 6.84. The molecule has 0 saturated carbocycles. The molecule has 0 aliphatic rings. The predicted molar refractivity (Wildman–Crippen MR) is 79.8 cm³/mol. The van der Waals surface area contributed by atoms with E-state index in [0.29, 0.717) is 11.6 Å². The van der Waals surface area contributed by atoms with Gasteiger partial charge in [0.15, 0.2) is 0 Å². The van der Waals surface area contributed by atoms with Crippen molar-refractivity contribution in [2.75, 3.05) is 0 Å². The molecule has 0 radical (unpaired) electrons. The number of pyridine rings is 1. The lowest BCUT2D eigenvalue weighted by atomic mass is 10.1. The summed E-state index contributed by atoms with van der Waals surface area (Å²) in [6.45, 7) is 5.20. The second kappa shape index (κ2) is 5.05. The molecule has 3 heterocycles. The zero-order chi connectivity index (χ0) is 15.0. The molecule has 21 heavy (non-hydrogen) atoms. The van der Waals surface area contributed by atoms with Crippen LogP contribution in [0.4, 0.5) is 0 Å². The Balaban J connectivity index is 1.96. The quantitative estimate of drug-likeness (QED) is 0.795. The molecule has 0 fully saturated rings. The number of carbonyl (C=O) groups is 1. The summed E-state index contributed by atoms with van der Waals surface area (Å²) in [4.78, 5) is 15.3. The van der Waals surface area contributed by atoms with E-state index in [9.17, 15) is 4.79 Å². The number of primary amides is 1. The van der Waals surface area contributed by atoms with Crippen LogP contribution in [-0.2, 0) is 6.54 Å². The Morgan fingerprint density at radius 1 is 1.24 bits per heavy atom. The maximum absolute atomic E-state index is 11.2. The number of carbonyl (C=O) groups excluding carboxylic acids is 1. The Kier molecular flexibility index (Phi) is 3.21. The van der Waals surface area contributed by atoms with Gasteiger partial charge in [0.2, 0.25) is 0 Å². The zero-order valence-corrected chi connectivity index (χ0v) is 12.0. The maximum atomic E-state index is 11.2. The summed E-state index contributed by atoms with van der Waals surface area (Å²) in [6, 6.07) is 3.82. The summed E-state index contributed by atoms with van der Waals surface area (Å²) in [6.07, 6.45) is 7.42. The molecule has 0 unspecified atom stereocenters. The number of imidazole rings is 1. The summed E-state index contributed by atoms with van der Waals surface area (Å²) in [5.41, 5.74) is 8.26. The van der Waals surface area contributed by atoms with Crippen LogP contribution in [0.15, 0.2) is 36.9 Å². The van der Waals surface area contributed by atoms with Crippen LogP contribution in [0.2, 0.25) is 0 Å². The molecule has 3 aromatic rings. The summed E-state index contributed by atoms with van der Waals surface area (Å²) >= 11 is 0. The van der Waals surface area contributed by atoms with E-state index < -0.39 is 5.91 Å². The first-order valence-electron chi connectivity index (χ1n) is 6.84. The van der Waals surface area contributed by atoms with Crippen LogP contribution in [0.5, 0.6) is 0 Å². The highest BCUT2D eigenvalue weighted by molar-refractivity contribution is 5.91. The molecule has 2 N–H and O–H groups in total. The highest BCUT2D eigenvalue weighted by Gasteiger charge is 2.09. The van der Waals surface area contributed by atoms with Crippen molar-refractivity contribution in [2.24, 2.45) is 11.7 Å². The van der Waals surface area contributed by atoms with E-state index in [1.165, 1.54) is 0 Å². The van der Waals surface area contributed by atoms with E-state index in [2.05, 4.69) is 23.9 Å². The number of aromatic nitrogens is 4.